The molecular weight excluding hydrogens is 334 g/mol. The van der Waals surface area contributed by atoms with E-state index in [1.165, 1.54) is 5.56 Å². The maximum absolute atomic E-state index is 6.03. The topological polar surface area (TPSA) is 30.5 Å². The van der Waals surface area contributed by atoms with Crippen molar-refractivity contribution in [2.24, 2.45) is 5.92 Å². The second-order valence-electron chi connectivity index (χ2n) is 8.64. The van der Waals surface area contributed by atoms with Crippen molar-refractivity contribution in [3.63, 3.8) is 0 Å². The van der Waals surface area contributed by atoms with Crippen LogP contribution in [-0.4, -0.2) is 19.3 Å². The van der Waals surface area contributed by atoms with E-state index >= 15 is 0 Å². The molecule has 0 spiro atoms. The molecule has 148 valence electrons. The van der Waals surface area contributed by atoms with Gasteiger partial charge in [0.1, 0.15) is 17.6 Å². The summed E-state index contributed by atoms with van der Waals surface area (Å²) in [5.41, 5.74) is 2.53. The highest BCUT2D eigenvalue weighted by atomic mass is 16.5. The smallest absolute Gasteiger partial charge is 0.121 e. The first-order valence-electron chi connectivity index (χ1n) is 9.98. The van der Waals surface area contributed by atoms with Gasteiger partial charge in [0.25, 0.3) is 0 Å². The minimum atomic E-state index is 0.0657. The van der Waals surface area contributed by atoms with Crippen molar-refractivity contribution in [2.75, 3.05) is 18.5 Å². The van der Waals surface area contributed by atoms with Crippen LogP contribution in [0.3, 0.4) is 0 Å². The molecule has 27 heavy (non-hydrogen) atoms. The standard InChI is InChI=1S/C24H35NO2/c1-18(2)14-15-26-23-9-7-8-21(16-23)25-17-19(3)27-22-12-10-20(11-13-22)24(4,5)6/h7-13,16,18-19,25H,14-15,17H2,1-6H3. The predicted octanol–water partition coefficient (Wildman–Crippen LogP) is 6.29. The minimum Gasteiger partial charge on any atom is -0.494 e. The van der Waals surface area contributed by atoms with Crippen LogP contribution >= 0.6 is 0 Å². The Morgan fingerprint density at radius 2 is 1.63 bits per heavy atom. The minimum absolute atomic E-state index is 0.0657. The number of hydrogen-bond acceptors (Lipinski definition) is 3. The molecule has 0 aliphatic heterocycles. The number of benzene rings is 2. The van der Waals surface area contributed by atoms with Gasteiger partial charge in [-0.3, -0.25) is 0 Å². The van der Waals surface area contributed by atoms with E-state index < -0.39 is 0 Å². The third-order valence-electron chi connectivity index (χ3n) is 4.45. The zero-order valence-electron chi connectivity index (χ0n) is 17.7. The summed E-state index contributed by atoms with van der Waals surface area (Å²) in [5.74, 6) is 2.47. The summed E-state index contributed by atoms with van der Waals surface area (Å²) in [4.78, 5) is 0. The van der Waals surface area contributed by atoms with Crippen LogP contribution in [0.15, 0.2) is 48.5 Å². The molecule has 2 rings (SSSR count). The van der Waals surface area contributed by atoms with Crippen LogP contribution in [0.5, 0.6) is 11.5 Å². The largest absolute Gasteiger partial charge is 0.494 e. The molecule has 1 N–H and O–H groups in total. The van der Waals surface area contributed by atoms with E-state index in [0.29, 0.717) is 5.92 Å². The van der Waals surface area contributed by atoms with E-state index in [9.17, 15) is 0 Å². The zero-order valence-corrected chi connectivity index (χ0v) is 17.7. The number of ether oxygens (including phenoxy) is 2. The first-order chi connectivity index (χ1) is 12.7. The Hall–Kier alpha value is -2.16. The summed E-state index contributed by atoms with van der Waals surface area (Å²) >= 11 is 0. The van der Waals surface area contributed by atoms with Crippen molar-refractivity contribution in [2.45, 2.75) is 59.5 Å². The van der Waals surface area contributed by atoms with Crippen molar-refractivity contribution in [1.29, 1.82) is 0 Å². The van der Waals surface area contributed by atoms with E-state index in [0.717, 1.165) is 36.8 Å². The highest BCUT2D eigenvalue weighted by Crippen LogP contribution is 2.25. The van der Waals surface area contributed by atoms with Crippen LogP contribution in [-0.2, 0) is 5.41 Å². The normalized spacial score (nSPS) is 12.7. The van der Waals surface area contributed by atoms with Gasteiger partial charge < -0.3 is 14.8 Å². The summed E-state index contributed by atoms with van der Waals surface area (Å²) in [6.07, 6.45) is 1.13. The van der Waals surface area contributed by atoms with Gasteiger partial charge in [-0.25, -0.2) is 0 Å². The van der Waals surface area contributed by atoms with Gasteiger partial charge in [-0.2, -0.15) is 0 Å². The van der Waals surface area contributed by atoms with Crippen molar-refractivity contribution in [3.8, 4) is 11.5 Å². The number of rotatable bonds is 9. The first-order valence-corrected chi connectivity index (χ1v) is 9.98. The SMILES string of the molecule is CC(C)CCOc1cccc(NCC(C)Oc2ccc(C(C)(C)C)cc2)c1. The molecule has 3 heteroatoms. The van der Waals surface area contributed by atoms with Gasteiger partial charge in [0.15, 0.2) is 0 Å². The molecule has 0 saturated carbocycles. The van der Waals surface area contributed by atoms with Crippen LogP contribution < -0.4 is 14.8 Å². The average Bonchev–Trinajstić information content (AvgIpc) is 2.60. The lowest BCUT2D eigenvalue weighted by Gasteiger charge is -2.20. The van der Waals surface area contributed by atoms with Crippen molar-refractivity contribution < 1.29 is 9.47 Å². The zero-order chi connectivity index (χ0) is 19.9. The van der Waals surface area contributed by atoms with Crippen LogP contribution in [0, 0.1) is 5.92 Å². The van der Waals surface area contributed by atoms with E-state index in [-0.39, 0.29) is 11.5 Å². The molecule has 1 unspecified atom stereocenters. The lowest BCUT2D eigenvalue weighted by Crippen LogP contribution is -2.22. The second kappa shape index (κ2) is 9.68. The summed E-state index contributed by atoms with van der Waals surface area (Å²) in [5, 5.41) is 3.43. The number of nitrogens with one attached hydrogen (secondary N) is 1. The molecule has 0 radical (unpaired) electrons. The second-order valence-corrected chi connectivity index (χ2v) is 8.64. The van der Waals surface area contributed by atoms with E-state index in [1.54, 1.807) is 0 Å². The molecule has 0 aromatic heterocycles. The Morgan fingerprint density at radius 1 is 0.926 bits per heavy atom. The highest BCUT2D eigenvalue weighted by Gasteiger charge is 2.13. The molecule has 0 aliphatic carbocycles. The molecule has 0 amide bonds. The van der Waals surface area contributed by atoms with Gasteiger partial charge in [0.2, 0.25) is 0 Å². The summed E-state index contributed by atoms with van der Waals surface area (Å²) in [6.45, 7) is 14.6. The summed E-state index contributed by atoms with van der Waals surface area (Å²) < 4.78 is 11.9. The molecule has 1 atom stereocenters. The molecule has 0 fully saturated rings. The van der Waals surface area contributed by atoms with Crippen LogP contribution in [0.2, 0.25) is 0 Å². The highest BCUT2D eigenvalue weighted by molar-refractivity contribution is 5.48. The molecule has 0 heterocycles. The predicted molar refractivity (Wildman–Crippen MR) is 115 cm³/mol. The van der Waals surface area contributed by atoms with Crippen molar-refractivity contribution in [1.82, 2.24) is 0 Å². The summed E-state index contributed by atoms with van der Waals surface area (Å²) in [6, 6.07) is 16.5. The molecule has 3 nitrogen and oxygen atoms in total. The Balaban J connectivity index is 1.82. The fourth-order valence-corrected chi connectivity index (χ4v) is 2.68. The van der Waals surface area contributed by atoms with Crippen LogP contribution in [0.25, 0.3) is 0 Å². The van der Waals surface area contributed by atoms with Crippen LogP contribution in [0.4, 0.5) is 5.69 Å². The van der Waals surface area contributed by atoms with E-state index in [4.69, 9.17) is 9.47 Å². The Kier molecular flexibility index (Phi) is 7.58. The Morgan fingerprint density at radius 3 is 2.26 bits per heavy atom. The molecule has 0 bridgehead atoms. The maximum Gasteiger partial charge on any atom is 0.121 e. The average molecular weight is 370 g/mol. The first kappa shape index (κ1) is 21.1. The molecule has 2 aromatic carbocycles. The third-order valence-corrected chi connectivity index (χ3v) is 4.45. The third kappa shape index (κ3) is 7.54. The number of anilines is 1. The van der Waals surface area contributed by atoms with Gasteiger partial charge >= 0.3 is 0 Å². The molecule has 0 saturated heterocycles. The van der Waals surface area contributed by atoms with Crippen LogP contribution in [0.1, 0.15) is 53.5 Å². The van der Waals surface area contributed by atoms with Gasteiger partial charge in [-0.1, -0.05) is 52.8 Å². The fraction of sp³-hybridized carbons (Fsp3) is 0.500. The molecular formula is C24H35NO2. The maximum atomic E-state index is 6.03. The van der Waals surface area contributed by atoms with Gasteiger partial charge in [-0.05, 0) is 54.5 Å². The molecule has 0 aliphatic rings. The fourth-order valence-electron chi connectivity index (χ4n) is 2.68. The lowest BCUT2D eigenvalue weighted by atomic mass is 9.87. The van der Waals surface area contributed by atoms with Gasteiger partial charge in [0, 0.05) is 11.8 Å². The Bertz CT molecular complexity index is 686. The van der Waals surface area contributed by atoms with Crippen molar-refractivity contribution >= 4 is 5.69 Å². The lowest BCUT2D eigenvalue weighted by molar-refractivity contribution is 0.234. The van der Waals surface area contributed by atoms with E-state index in [1.807, 2.05) is 18.2 Å². The molecule has 2 aromatic rings. The van der Waals surface area contributed by atoms with Gasteiger partial charge in [-0.15, -0.1) is 0 Å². The monoisotopic (exact) mass is 369 g/mol. The van der Waals surface area contributed by atoms with E-state index in [2.05, 4.69) is 77.2 Å². The van der Waals surface area contributed by atoms with Crippen molar-refractivity contribution in [3.05, 3.63) is 54.1 Å². The van der Waals surface area contributed by atoms with Gasteiger partial charge in [0.05, 0.1) is 13.2 Å². The summed E-state index contributed by atoms with van der Waals surface area (Å²) in [7, 11) is 0. The number of hydrogen-bond donors (Lipinski definition) is 1. The quantitative estimate of drug-likeness (QED) is 0.563. The Labute approximate surface area is 165 Å².